The highest BCUT2D eigenvalue weighted by Gasteiger charge is 2.51. The third-order valence-corrected chi connectivity index (χ3v) is 9.35. The lowest BCUT2D eigenvalue weighted by atomic mass is 9.65. The van der Waals surface area contributed by atoms with Crippen molar-refractivity contribution >= 4 is 21.5 Å². The third-order valence-electron chi connectivity index (χ3n) is 9.35. The first kappa shape index (κ1) is 21.7. The van der Waals surface area contributed by atoms with E-state index in [0.29, 0.717) is 0 Å². The van der Waals surface area contributed by atoms with Gasteiger partial charge in [0, 0.05) is 21.9 Å². The Balaban J connectivity index is 1.61. The number of hydrogen-bond donors (Lipinski definition) is 0. The second-order valence-electron chi connectivity index (χ2n) is 11.0. The summed E-state index contributed by atoms with van der Waals surface area (Å²) >= 11 is 0. The van der Waals surface area contributed by atoms with E-state index in [9.17, 15) is 0 Å². The number of hydrogen-bond acceptors (Lipinski definition) is 1. The van der Waals surface area contributed by atoms with Crippen molar-refractivity contribution in [2.75, 3.05) is 0 Å². The van der Waals surface area contributed by atoms with Crippen molar-refractivity contribution in [2.24, 2.45) is 0 Å². The Morgan fingerprint density at radius 3 is 1.32 bits per heavy atom. The van der Waals surface area contributed by atoms with Gasteiger partial charge in [-0.3, -0.25) is 0 Å². The fraction of sp³-hybridized carbons (Fsp3) is 0.135. The lowest BCUT2D eigenvalue weighted by molar-refractivity contribution is 0.447. The highest BCUT2D eigenvalue weighted by atomic mass is 16.5. The summed E-state index contributed by atoms with van der Waals surface area (Å²) in [6.45, 7) is 8.82. The molecule has 0 aromatic heterocycles. The molecule has 1 aliphatic carbocycles. The maximum atomic E-state index is 7.11. The first-order valence-electron chi connectivity index (χ1n) is 13.5. The topological polar surface area (TPSA) is 9.23 Å². The van der Waals surface area contributed by atoms with Gasteiger partial charge in [-0.25, -0.2) is 0 Å². The zero-order valence-corrected chi connectivity index (χ0v) is 22.1. The fourth-order valence-corrected chi connectivity index (χ4v) is 7.15. The molecule has 0 amide bonds. The van der Waals surface area contributed by atoms with Crippen molar-refractivity contribution in [2.45, 2.75) is 33.1 Å². The Morgan fingerprint density at radius 2 is 0.842 bits per heavy atom. The molecule has 2 aliphatic rings. The van der Waals surface area contributed by atoms with Gasteiger partial charge >= 0.3 is 0 Å². The zero-order chi connectivity index (χ0) is 25.8. The van der Waals surface area contributed by atoms with E-state index >= 15 is 0 Å². The first-order chi connectivity index (χ1) is 18.5. The predicted octanol–water partition coefficient (Wildman–Crippen LogP) is 9.70. The summed E-state index contributed by atoms with van der Waals surface area (Å²) in [6.07, 6.45) is 0. The van der Waals surface area contributed by atoms with Gasteiger partial charge in [0.25, 0.3) is 0 Å². The molecule has 0 unspecified atom stereocenters. The van der Waals surface area contributed by atoms with Crippen LogP contribution in [0.4, 0.5) is 0 Å². The van der Waals surface area contributed by atoms with Crippen LogP contribution in [0.3, 0.4) is 0 Å². The van der Waals surface area contributed by atoms with Gasteiger partial charge in [0.1, 0.15) is 11.5 Å². The summed E-state index contributed by atoms with van der Waals surface area (Å²) in [7, 11) is 0. The molecule has 0 bridgehead atoms. The van der Waals surface area contributed by atoms with E-state index in [1.54, 1.807) is 0 Å². The lowest BCUT2D eigenvalue weighted by Gasteiger charge is -2.40. The Morgan fingerprint density at radius 1 is 0.421 bits per heavy atom. The number of aryl methyl sites for hydroxylation is 4. The minimum absolute atomic E-state index is 0.448. The number of fused-ring (bicyclic) bond motifs is 13. The summed E-state index contributed by atoms with van der Waals surface area (Å²) < 4.78 is 7.11. The second kappa shape index (κ2) is 7.36. The molecule has 0 saturated carbocycles. The van der Waals surface area contributed by atoms with Crippen LogP contribution in [0.5, 0.6) is 11.5 Å². The predicted molar refractivity (Wildman–Crippen MR) is 158 cm³/mol. The molecule has 0 atom stereocenters. The summed E-state index contributed by atoms with van der Waals surface area (Å²) in [5.41, 5.74) is 12.5. The Bertz CT molecular complexity index is 1850. The van der Waals surface area contributed by atoms with Crippen LogP contribution in [0.1, 0.15) is 44.5 Å². The molecule has 1 nitrogen and oxygen atoms in total. The molecule has 0 N–H and O–H groups in total. The van der Waals surface area contributed by atoms with E-state index in [1.165, 1.54) is 77.2 Å². The summed E-state index contributed by atoms with van der Waals surface area (Å²) in [6, 6.07) is 36.1. The molecule has 6 aromatic rings. The average Bonchev–Trinajstić information content (AvgIpc) is 3.24. The molecule has 1 heteroatoms. The van der Waals surface area contributed by atoms with E-state index in [0.717, 1.165) is 11.5 Å². The lowest BCUT2D eigenvalue weighted by Crippen LogP contribution is -2.32. The number of ether oxygens (including phenoxy) is 1. The normalized spacial score (nSPS) is 14.2. The third kappa shape index (κ3) is 2.47. The van der Waals surface area contributed by atoms with Gasteiger partial charge in [0.05, 0.1) is 5.41 Å². The summed E-state index contributed by atoms with van der Waals surface area (Å²) in [4.78, 5) is 0. The van der Waals surface area contributed by atoms with Crippen LogP contribution in [0.25, 0.3) is 32.7 Å². The van der Waals surface area contributed by atoms with Crippen molar-refractivity contribution in [1.29, 1.82) is 0 Å². The monoisotopic (exact) mass is 488 g/mol. The molecule has 1 heterocycles. The van der Waals surface area contributed by atoms with E-state index in [-0.39, 0.29) is 0 Å². The minimum atomic E-state index is -0.448. The van der Waals surface area contributed by atoms with Crippen LogP contribution in [-0.2, 0) is 5.41 Å². The van der Waals surface area contributed by atoms with Gasteiger partial charge in [-0.1, -0.05) is 97.1 Å². The molecule has 6 aromatic carbocycles. The molecular formula is C37H28O. The average molecular weight is 489 g/mol. The molecule has 8 rings (SSSR count). The smallest absolute Gasteiger partial charge is 0.140 e. The van der Waals surface area contributed by atoms with Gasteiger partial charge < -0.3 is 4.74 Å². The minimum Gasteiger partial charge on any atom is -0.455 e. The maximum absolute atomic E-state index is 7.11. The van der Waals surface area contributed by atoms with Crippen LogP contribution in [0.2, 0.25) is 0 Å². The first-order valence-corrected chi connectivity index (χ1v) is 13.5. The Kier molecular flexibility index (Phi) is 4.20. The van der Waals surface area contributed by atoms with Crippen molar-refractivity contribution in [3.8, 4) is 22.6 Å². The second-order valence-corrected chi connectivity index (χ2v) is 11.0. The van der Waals surface area contributed by atoms with E-state index in [2.05, 4.69) is 125 Å². The molecule has 1 spiro atoms. The van der Waals surface area contributed by atoms with Gasteiger partial charge in [-0.15, -0.1) is 0 Å². The molecule has 182 valence electrons. The largest absolute Gasteiger partial charge is 0.455 e. The van der Waals surface area contributed by atoms with Gasteiger partial charge in [0.2, 0.25) is 0 Å². The van der Waals surface area contributed by atoms with Crippen molar-refractivity contribution in [3.05, 3.63) is 142 Å². The molecule has 38 heavy (non-hydrogen) atoms. The quantitative estimate of drug-likeness (QED) is 0.206. The molecule has 0 saturated heterocycles. The number of rotatable bonds is 0. The van der Waals surface area contributed by atoms with Crippen LogP contribution in [-0.4, -0.2) is 0 Å². The zero-order valence-electron chi connectivity index (χ0n) is 22.1. The highest BCUT2D eigenvalue weighted by molar-refractivity contribution is 6.01. The SMILES string of the molecule is Cc1ccc2c3c(ccc2c1C)C1(c2ccccc2-c2ccccc21)c1ccc2c(C)c(C)ccc2c1O3. The summed E-state index contributed by atoms with van der Waals surface area (Å²) in [5.74, 6) is 1.96. The van der Waals surface area contributed by atoms with Crippen molar-refractivity contribution in [3.63, 3.8) is 0 Å². The van der Waals surface area contributed by atoms with Crippen molar-refractivity contribution < 1.29 is 4.74 Å². The van der Waals surface area contributed by atoms with E-state index in [1.807, 2.05) is 0 Å². The fourth-order valence-electron chi connectivity index (χ4n) is 7.15. The van der Waals surface area contributed by atoms with Crippen LogP contribution < -0.4 is 4.74 Å². The highest BCUT2D eigenvalue weighted by Crippen LogP contribution is 2.63. The standard InChI is InChI=1S/C37H28O/c1-21-13-15-29-25(23(21)3)17-19-33-35(29)38-36-30-16-14-22(2)24(4)26(30)18-20-34(36)37(33)31-11-7-5-9-27(31)28-10-6-8-12-32(28)37/h5-20H,1-4H3. The maximum Gasteiger partial charge on any atom is 0.140 e. The van der Waals surface area contributed by atoms with E-state index < -0.39 is 5.41 Å². The number of benzene rings is 6. The van der Waals surface area contributed by atoms with Gasteiger partial charge in [-0.05, 0) is 83.0 Å². The Hall–Kier alpha value is -4.36. The van der Waals surface area contributed by atoms with Crippen LogP contribution in [0, 0.1) is 27.7 Å². The van der Waals surface area contributed by atoms with E-state index in [4.69, 9.17) is 4.74 Å². The van der Waals surface area contributed by atoms with Gasteiger partial charge in [-0.2, -0.15) is 0 Å². The molecule has 0 radical (unpaired) electrons. The molecular weight excluding hydrogens is 460 g/mol. The molecule has 0 fully saturated rings. The van der Waals surface area contributed by atoms with Gasteiger partial charge in [0.15, 0.2) is 0 Å². The summed E-state index contributed by atoms with van der Waals surface area (Å²) in [5, 5.41) is 4.88. The Labute approximate surface area is 223 Å². The van der Waals surface area contributed by atoms with Crippen LogP contribution in [0.15, 0.2) is 97.1 Å². The molecule has 1 aliphatic heterocycles. The van der Waals surface area contributed by atoms with Crippen molar-refractivity contribution in [1.82, 2.24) is 0 Å². The van der Waals surface area contributed by atoms with Crippen LogP contribution >= 0.6 is 0 Å².